The van der Waals surface area contributed by atoms with Gasteiger partial charge in [0.25, 0.3) is 15.9 Å². The first kappa shape index (κ1) is 26.3. The molecule has 3 aromatic rings. The lowest BCUT2D eigenvalue weighted by molar-refractivity contribution is 0.0981. The van der Waals surface area contributed by atoms with Crippen LogP contribution in [-0.4, -0.2) is 48.0 Å². The lowest BCUT2D eigenvalue weighted by atomic mass is 9.90. The van der Waals surface area contributed by atoms with E-state index in [1.807, 2.05) is 26.0 Å². The van der Waals surface area contributed by atoms with E-state index in [1.54, 1.807) is 12.1 Å². The Morgan fingerprint density at radius 1 is 1.22 bits per heavy atom. The van der Waals surface area contributed by atoms with Gasteiger partial charge >= 0.3 is 0 Å². The zero-order valence-corrected chi connectivity index (χ0v) is 22.5. The highest BCUT2D eigenvalue weighted by atomic mass is 32.2. The molecule has 37 heavy (non-hydrogen) atoms. The number of hydrogen-bond donors (Lipinski definition) is 2. The average molecular weight is 525 g/mol. The van der Waals surface area contributed by atoms with E-state index in [0.29, 0.717) is 42.2 Å². The van der Waals surface area contributed by atoms with Crippen LogP contribution in [0.5, 0.6) is 5.88 Å². The fourth-order valence-corrected chi connectivity index (χ4v) is 5.48. The van der Waals surface area contributed by atoms with E-state index in [2.05, 4.69) is 40.4 Å². The average Bonchev–Trinajstić information content (AvgIpc) is 3.10. The van der Waals surface area contributed by atoms with Crippen molar-refractivity contribution in [3.05, 3.63) is 53.7 Å². The summed E-state index contributed by atoms with van der Waals surface area (Å²) in [7, 11) is -4.26. The number of nitrogens with two attached hydrogens (primary N) is 1. The second kappa shape index (κ2) is 9.97. The maximum atomic E-state index is 13.4. The molecule has 1 fully saturated rings. The van der Waals surface area contributed by atoms with Crippen LogP contribution in [0.15, 0.2) is 47.5 Å². The summed E-state index contributed by atoms with van der Waals surface area (Å²) < 4.78 is 33.7. The van der Waals surface area contributed by atoms with Crippen molar-refractivity contribution in [2.45, 2.75) is 51.5 Å². The molecule has 1 amide bonds. The van der Waals surface area contributed by atoms with Crippen LogP contribution in [-0.2, 0) is 10.0 Å². The molecule has 0 aliphatic carbocycles. The largest absolute Gasteiger partial charge is 0.478 e. The zero-order valence-electron chi connectivity index (χ0n) is 21.6. The first-order valence-electron chi connectivity index (χ1n) is 12.1. The summed E-state index contributed by atoms with van der Waals surface area (Å²) in [5.74, 6) is 0.203. The van der Waals surface area contributed by atoms with Crippen molar-refractivity contribution in [3.63, 3.8) is 0 Å². The number of aromatic nitrogens is 3. The van der Waals surface area contributed by atoms with Gasteiger partial charge in [-0.15, -0.1) is 0 Å². The van der Waals surface area contributed by atoms with Crippen molar-refractivity contribution < 1.29 is 17.9 Å². The Hall–Kier alpha value is -3.73. The van der Waals surface area contributed by atoms with Gasteiger partial charge in [0.05, 0.1) is 23.6 Å². The monoisotopic (exact) mass is 524 g/mol. The molecule has 0 bridgehead atoms. The third-order valence-electron chi connectivity index (χ3n) is 6.88. The number of nitrogens with zero attached hydrogens (tertiary/aromatic N) is 4. The Morgan fingerprint density at radius 3 is 2.62 bits per heavy atom. The van der Waals surface area contributed by atoms with Crippen LogP contribution in [0, 0.1) is 12.8 Å². The van der Waals surface area contributed by atoms with Gasteiger partial charge in [-0.05, 0) is 75.9 Å². The third kappa shape index (κ3) is 5.22. The predicted octanol–water partition coefficient (Wildman–Crippen LogP) is 3.57. The number of anilines is 2. The van der Waals surface area contributed by atoms with E-state index >= 15 is 0 Å². The summed E-state index contributed by atoms with van der Waals surface area (Å²) in [4.78, 5) is 28.4. The summed E-state index contributed by atoms with van der Waals surface area (Å²) >= 11 is 0. The molecule has 11 heteroatoms. The van der Waals surface area contributed by atoms with Crippen LogP contribution in [0.1, 0.15) is 50.0 Å². The minimum absolute atomic E-state index is 0.134. The molecule has 0 radical (unpaired) electrons. The van der Waals surface area contributed by atoms with Crippen LogP contribution in [0.3, 0.4) is 0 Å². The molecule has 1 saturated heterocycles. The fourth-order valence-electron chi connectivity index (χ4n) is 4.43. The number of aryl methyl sites for hydroxylation is 1. The molecule has 1 aliphatic rings. The van der Waals surface area contributed by atoms with Gasteiger partial charge < -0.3 is 15.4 Å². The predicted molar refractivity (Wildman–Crippen MR) is 142 cm³/mol. The van der Waals surface area contributed by atoms with Gasteiger partial charge in [-0.25, -0.2) is 28.1 Å². The van der Waals surface area contributed by atoms with Crippen molar-refractivity contribution in [1.29, 1.82) is 0 Å². The Balaban J connectivity index is 1.80. The normalized spacial score (nSPS) is 17.0. The maximum Gasteiger partial charge on any atom is 0.268 e. The smallest absolute Gasteiger partial charge is 0.268 e. The van der Waals surface area contributed by atoms with E-state index in [-0.39, 0.29) is 21.8 Å². The summed E-state index contributed by atoms with van der Waals surface area (Å²) in [6.45, 7) is 11.3. The van der Waals surface area contributed by atoms with Crippen LogP contribution >= 0.6 is 0 Å². The quantitative estimate of drug-likeness (QED) is 0.474. The van der Waals surface area contributed by atoms with Crippen LogP contribution < -0.4 is 20.1 Å². The summed E-state index contributed by atoms with van der Waals surface area (Å²) in [5.41, 5.74) is 7.67. The third-order valence-corrected chi connectivity index (χ3v) is 8.26. The number of sulfonamides is 1. The number of carbonyl (C=O) groups is 1. The number of amides is 1. The number of nitrogen functional groups attached to an aromatic ring is 1. The number of pyridine rings is 3. The second-order valence-electron chi connectivity index (χ2n) is 9.69. The molecule has 0 saturated carbocycles. The first-order valence-corrected chi connectivity index (χ1v) is 13.6. The van der Waals surface area contributed by atoms with Crippen molar-refractivity contribution in [1.82, 2.24) is 19.7 Å². The molecule has 0 spiro atoms. The Labute approximate surface area is 217 Å². The lowest BCUT2D eigenvalue weighted by Crippen LogP contribution is -2.43. The minimum atomic E-state index is -4.26. The molecular weight excluding hydrogens is 492 g/mol. The SMILES string of the molecule is CCOc1cc(C)cc(-c2ccc(C(=O)NS(=O)(=O)c3cccnc3N)c(N3CCC(C)C3(C)C)n2)n1. The molecule has 4 rings (SSSR count). The summed E-state index contributed by atoms with van der Waals surface area (Å²) in [6.07, 6.45) is 2.28. The van der Waals surface area contributed by atoms with Crippen molar-refractivity contribution in [2.24, 2.45) is 5.92 Å². The molecule has 196 valence electrons. The Bertz CT molecular complexity index is 1440. The molecule has 4 heterocycles. The van der Waals surface area contributed by atoms with Crippen molar-refractivity contribution in [2.75, 3.05) is 23.8 Å². The van der Waals surface area contributed by atoms with E-state index in [0.717, 1.165) is 12.0 Å². The van der Waals surface area contributed by atoms with E-state index in [1.165, 1.54) is 18.3 Å². The molecule has 0 aromatic carbocycles. The Kier molecular flexibility index (Phi) is 7.09. The van der Waals surface area contributed by atoms with E-state index in [4.69, 9.17) is 15.5 Å². The number of hydrogen-bond acceptors (Lipinski definition) is 9. The molecule has 3 N–H and O–H groups in total. The molecular formula is C26H32N6O4S. The van der Waals surface area contributed by atoms with Gasteiger partial charge in [0.2, 0.25) is 5.88 Å². The standard InChI is InChI=1S/C26H32N6O4S/c1-6-36-22-15-16(2)14-20(29-22)19-10-9-18(24(30-19)32-13-11-17(3)26(32,4)5)25(33)31-37(34,35)21-8-7-12-28-23(21)27/h7-10,12,14-15,17H,6,11,13H2,1-5H3,(H2,27,28)(H,31,33). The highest BCUT2D eigenvalue weighted by Gasteiger charge is 2.41. The molecule has 3 aromatic heterocycles. The van der Waals surface area contributed by atoms with E-state index in [9.17, 15) is 13.2 Å². The lowest BCUT2D eigenvalue weighted by Gasteiger charge is -2.36. The molecule has 10 nitrogen and oxygen atoms in total. The topological polar surface area (TPSA) is 140 Å². The number of nitrogens with one attached hydrogen (secondary N) is 1. The van der Waals surface area contributed by atoms with Gasteiger partial charge in [0.15, 0.2) is 0 Å². The molecule has 1 atom stereocenters. The molecule has 1 aliphatic heterocycles. The zero-order chi connectivity index (χ0) is 27.0. The van der Waals surface area contributed by atoms with Crippen LogP contribution in [0.2, 0.25) is 0 Å². The van der Waals surface area contributed by atoms with Gasteiger partial charge in [-0.2, -0.15) is 0 Å². The second-order valence-corrected chi connectivity index (χ2v) is 11.3. The highest BCUT2D eigenvalue weighted by Crippen LogP contribution is 2.39. The molecule has 1 unspecified atom stereocenters. The minimum Gasteiger partial charge on any atom is -0.478 e. The Morgan fingerprint density at radius 2 is 1.97 bits per heavy atom. The van der Waals surface area contributed by atoms with Crippen LogP contribution in [0.25, 0.3) is 11.4 Å². The summed E-state index contributed by atoms with van der Waals surface area (Å²) in [6, 6.07) is 9.71. The first-order chi connectivity index (χ1) is 17.4. The van der Waals surface area contributed by atoms with E-state index < -0.39 is 15.9 Å². The fraction of sp³-hybridized carbons (Fsp3) is 0.385. The van der Waals surface area contributed by atoms with Crippen LogP contribution in [0.4, 0.5) is 11.6 Å². The van der Waals surface area contributed by atoms with Crippen molar-refractivity contribution in [3.8, 4) is 17.3 Å². The number of carbonyl (C=O) groups excluding carboxylic acids is 1. The maximum absolute atomic E-state index is 13.4. The van der Waals surface area contributed by atoms with Gasteiger partial charge in [0.1, 0.15) is 16.5 Å². The van der Waals surface area contributed by atoms with Crippen molar-refractivity contribution >= 4 is 27.6 Å². The van der Waals surface area contributed by atoms with Gasteiger partial charge in [-0.3, -0.25) is 4.79 Å². The summed E-state index contributed by atoms with van der Waals surface area (Å²) in [5, 5.41) is 0. The van der Waals surface area contributed by atoms with Gasteiger partial charge in [-0.1, -0.05) is 6.92 Å². The number of ether oxygens (including phenoxy) is 1. The number of rotatable bonds is 7. The van der Waals surface area contributed by atoms with Gasteiger partial charge in [0, 0.05) is 24.3 Å². The highest BCUT2D eigenvalue weighted by molar-refractivity contribution is 7.90.